The Kier molecular flexibility index (Phi) is 3.61. The minimum atomic E-state index is -0.419. The number of rotatable bonds is 3. The number of anilines is 1. The highest BCUT2D eigenvalue weighted by atomic mass is 16.5. The molecule has 1 aromatic rings. The molecule has 1 fully saturated rings. The molecule has 1 heterocycles. The Morgan fingerprint density at radius 2 is 2.12 bits per heavy atom. The number of nitrogens with one attached hydrogen (secondary N) is 1. The predicted octanol–water partition coefficient (Wildman–Crippen LogP) is 0.837. The number of phenols is 1. The summed E-state index contributed by atoms with van der Waals surface area (Å²) in [5.74, 6) is 0.00921. The van der Waals surface area contributed by atoms with Crippen molar-refractivity contribution >= 4 is 11.6 Å². The van der Waals surface area contributed by atoms with Gasteiger partial charge < -0.3 is 20.9 Å². The van der Waals surface area contributed by atoms with E-state index in [1.165, 1.54) is 12.1 Å². The fourth-order valence-corrected chi connectivity index (χ4v) is 1.84. The van der Waals surface area contributed by atoms with E-state index in [1.807, 2.05) is 0 Å². The van der Waals surface area contributed by atoms with Gasteiger partial charge in [0, 0.05) is 12.2 Å². The number of benzene rings is 1. The lowest BCUT2D eigenvalue weighted by Crippen LogP contribution is -2.29. The van der Waals surface area contributed by atoms with Gasteiger partial charge in [0.15, 0.2) is 0 Å². The van der Waals surface area contributed by atoms with E-state index in [0.717, 1.165) is 6.42 Å². The summed E-state index contributed by atoms with van der Waals surface area (Å²) < 4.78 is 5.48. The Bertz CT molecular complexity index is 391. The Morgan fingerprint density at radius 3 is 2.71 bits per heavy atom. The fourth-order valence-electron chi connectivity index (χ4n) is 1.84. The van der Waals surface area contributed by atoms with Gasteiger partial charge in [0.25, 0.3) is 5.91 Å². The summed E-state index contributed by atoms with van der Waals surface area (Å²) in [6.07, 6.45) is 1.10. The highest BCUT2D eigenvalue weighted by Crippen LogP contribution is 2.21. The zero-order valence-corrected chi connectivity index (χ0v) is 9.43. The molecule has 0 spiro atoms. The van der Waals surface area contributed by atoms with E-state index in [-0.39, 0.29) is 17.8 Å². The van der Waals surface area contributed by atoms with Crippen LogP contribution in [0.4, 0.5) is 5.69 Å². The molecule has 0 aromatic heterocycles. The second-order valence-corrected chi connectivity index (χ2v) is 4.10. The summed E-state index contributed by atoms with van der Waals surface area (Å²) in [6.45, 7) is 0.447. The zero-order valence-electron chi connectivity index (χ0n) is 9.43. The molecule has 1 aliphatic rings. The van der Waals surface area contributed by atoms with E-state index in [0.29, 0.717) is 18.7 Å². The predicted molar refractivity (Wildman–Crippen MR) is 63.7 cm³/mol. The molecular weight excluding hydrogens is 220 g/mol. The van der Waals surface area contributed by atoms with E-state index >= 15 is 0 Å². The lowest BCUT2D eigenvalue weighted by Gasteiger charge is -2.12. The summed E-state index contributed by atoms with van der Waals surface area (Å²) in [5.41, 5.74) is 6.13. The number of hydrogen-bond acceptors (Lipinski definition) is 4. The van der Waals surface area contributed by atoms with Crippen LogP contribution in [0.5, 0.6) is 5.75 Å². The molecule has 5 nitrogen and oxygen atoms in total. The Hall–Kier alpha value is -1.59. The minimum absolute atomic E-state index is 0.00873. The van der Waals surface area contributed by atoms with Gasteiger partial charge in [-0.2, -0.15) is 0 Å². The number of aromatic hydroxyl groups is 1. The second kappa shape index (κ2) is 5.16. The summed E-state index contributed by atoms with van der Waals surface area (Å²) >= 11 is 0. The molecule has 1 saturated heterocycles. The lowest BCUT2D eigenvalue weighted by atomic mass is 10.2. The molecule has 5 heteroatoms. The fraction of sp³-hybridized carbons (Fsp3) is 0.417. The largest absolute Gasteiger partial charge is 0.508 e. The molecule has 2 unspecified atom stereocenters. The summed E-state index contributed by atoms with van der Waals surface area (Å²) in [7, 11) is 0. The van der Waals surface area contributed by atoms with Crippen molar-refractivity contribution in [2.45, 2.75) is 25.0 Å². The second-order valence-electron chi connectivity index (χ2n) is 4.10. The number of hydrogen-bond donors (Lipinski definition) is 3. The first-order valence-corrected chi connectivity index (χ1v) is 5.64. The van der Waals surface area contributed by atoms with E-state index in [1.54, 1.807) is 12.1 Å². The first-order chi connectivity index (χ1) is 8.19. The van der Waals surface area contributed by atoms with Crippen LogP contribution >= 0.6 is 0 Å². The van der Waals surface area contributed by atoms with Crippen LogP contribution in [0.1, 0.15) is 12.8 Å². The summed E-state index contributed by atoms with van der Waals surface area (Å²) in [6, 6.07) is 6.33. The Morgan fingerprint density at radius 1 is 1.41 bits per heavy atom. The standard InChI is InChI=1S/C12H16N2O3/c13-7-10-5-6-11(17-10)12(16)14-8-1-3-9(15)4-2-8/h1-4,10-11,15H,5-7,13H2,(H,14,16). The molecule has 0 radical (unpaired) electrons. The first kappa shape index (κ1) is 11.9. The van der Waals surface area contributed by atoms with Crippen LogP contribution in [0.3, 0.4) is 0 Å². The quantitative estimate of drug-likeness (QED) is 0.679. The van der Waals surface area contributed by atoms with Crippen LogP contribution in [0.25, 0.3) is 0 Å². The monoisotopic (exact) mass is 236 g/mol. The number of ether oxygens (including phenoxy) is 1. The van der Waals surface area contributed by atoms with Gasteiger partial charge in [-0.1, -0.05) is 0 Å². The van der Waals surface area contributed by atoms with Crippen molar-refractivity contribution in [3.63, 3.8) is 0 Å². The molecule has 0 saturated carbocycles. The normalized spacial score (nSPS) is 23.6. The third-order valence-electron chi connectivity index (χ3n) is 2.80. The highest BCUT2D eigenvalue weighted by Gasteiger charge is 2.29. The SMILES string of the molecule is NCC1CCC(C(=O)Nc2ccc(O)cc2)O1. The van der Waals surface area contributed by atoms with Crippen LogP contribution in [0, 0.1) is 0 Å². The van der Waals surface area contributed by atoms with E-state index in [4.69, 9.17) is 15.6 Å². The molecule has 17 heavy (non-hydrogen) atoms. The van der Waals surface area contributed by atoms with Crippen molar-refractivity contribution in [2.75, 3.05) is 11.9 Å². The first-order valence-electron chi connectivity index (χ1n) is 5.64. The van der Waals surface area contributed by atoms with Crippen molar-refractivity contribution in [2.24, 2.45) is 5.73 Å². The topological polar surface area (TPSA) is 84.6 Å². The van der Waals surface area contributed by atoms with Crippen molar-refractivity contribution in [3.8, 4) is 5.75 Å². The average molecular weight is 236 g/mol. The number of carbonyl (C=O) groups excluding carboxylic acids is 1. The molecule has 1 amide bonds. The number of nitrogens with two attached hydrogens (primary N) is 1. The van der Waals surface area contributed by atoms with Gasteiger partial charge in [-0.3, -0.25) is 4.79 Å². The van der Waals surface area contributed by atoms with Crippen molar-refractivity contribution in [3.05, 3.63) is 24.3 Å². The average Bonchev–Trinajstić information content (AvgIpc) is 2.81. The van der Waals surface area contributed by atoms with E-state index < -0.39 is 6.10 Å². The Labute approximate surface area is 99.6 Å². The number of phenolic OH excluding ortho intramolecular Hbond substituents is 1. The van der Waals surface area contributed by atoms with Gasteiger partial charge in [0.1, 0.15) is 11.9 Å². The zero-order chi connectivity index (χ0) is 12.3. The molecule has 2 atom stereocenters. The molecule has 1 aromatic carbocycles. The summed E-state index contributed by atoms with van der Waals surface area (Å²) in [5, 5.41) is 11.9. The summed E-state index contributed by atoms with van der Waals surface area (Å²) in [4.78, 5) is 11.8. The third-order valence-corrected chi connectivity index (χ3v) is 2.80. The lowest BCUT2D eigenvalue weighted by molar-refractivity contribution is -0.126. The maximum absolute atomic E-state index is 11.8. The Balaban J connectivity index is 1.91. The van der Waals surface area contributed by atoms with Crippen LogP contribution in [0.2, 0.25) is 0 Å². The maximum atomic E-state index is 11.8. The van der Waals surface area contributed by atoms with Gasteiger partial charge >= 0.3 is 0 Å². The van der Waals surface area contributed by atoms with E-state index in [9.17, 15) is 4.79 Å². The molecule has 0 bridgehead atoms. The van der Waals surface area contributed by atoms with Crippen molar-refractivity contribution in [1.82, 2.24) is 0 Å². The maximum Gasteiger partial charge on any atom is 0.253 e. The van der Waals surface area contributed by atoms with Gasteiger partial charge in [0.05, 0.1) is 6.10 Å². The third kappa shape index (κ3) is 2.95. The number of amides is 1. The molecule has 1 aliphatic heterocycles. The van der Waals surface area contributed by atoms with Crippen LogP contribution in [-0.4, -0.2) is 29.8 Å². The highest BCUT2D eigenvalue weighted by molar-refractivity contribution is 5.94. The van der Waals surface area contributed by atoms with Crippen molar-refractivity contribution in [1.29, 1.82) is 0 Å². The van der Waals surface area contributed by atoms with Gasteiger partial charge in [0.2, 0.25) is 0 Å². The van der Waals surface area contributed by atoms with E-state index in [2.05, 4.69) is 5.32 Å². The molecular formula is C12H16N2O3. The van der Waals surface area contributed by atoms with Crippen LogP contribution < -0.4 is 11.1 Å². The van der Waals surface area contributed by atoms with Gasteiger partial charge in [-0.15, -0.1) is 0 Å². The smallest absolute Gasteiger partial charge is 0.253 e. The molecule has 4 N–H and O–H groups in total. The van der Waals surface area contributed by atoms with Crippen molar-refractivity contribution < 1.29 is 14.6 Å². The van der Waals surface area contributed by atoms with Gasteiger partial charge in [-0.25, -0.2) is 0 Å². The minimum Gasteiger partial charge on any atom is -0.508 e. The molecule has 2 rings (SSSR count). The molecule has 0 aliphatic carbocycles. The number of carbonyl (C=O) groups is 1. The van der Waals surface area contributed by atoms with Crippen LogP contribution in [-0.2, 0) is 9.53 Å². The molecule has 92 valence electrons. The van der Waals surface area contributed by atoms with Crippen LogP contribution in [0.15, 0.2) is 24.3 Å². The van der Waals surface area contributed by atoms with Gasteiger partial charge in [-0.05, 0) is 37.1 Å².